The molecule has 4 aromatic rings. The monoisotopic (exact) mass is 528 g/mol. The van der Waals surface area contributed by atoms with E-state index in [1.165, 1.54) is 31.2 Å². The van der Waals surface area contributed by atoms with Crippen molar-refractivity contribution in [2.45, 2.75) is 16.9 Å². The number of rotatable bonds is 5. The molecule has 0 saturated heterocycles. The van der Waals surface area contributed by atoms with Gasteiger partial charge in [0.1, 0.15) is 16.3 Å². The Balaban J connectivity index is 1.96. The molecule has 1 heterocycles. The van der Waals surface area contributed by atoms with E-state index in [9.17, 15) is 21.2 Å². The number of halogens is 3. The highest BCUT2D eigenvalue weighted by Gasteiger charge is 2.28. The van der Waals surface area contributed by atoms with Crippen LogP contribution in [0.1, 0.15) is 5.56 Å². The molecule has 4 rings (SSSR count). The average Bonchev–Trinajstić information content (AvgIpc) is 3.12. The summed E-state index contributed by atoms with van der Waals surface area (Å²) in [5.74, 6) is -1.05. The van der Waals surface area contributed by atoms with Gasteiger partial charge in [0.05, 0.1) is 11.3 Å². The summed E-state index contributed by atoms with van der Waals surface area (Å²) >= 11 is 12.0. The maximum Gasteiger partial charge on any atom is 0.272 e. The maximum absolute atomic E-state index is 14.5. The van der Waals surface area contributed by atoms with Crippen LogP contribution in [0.3, 0.4) is 0 Å². The van der Waals surface area contributed by atoms with Crippen molar-refractivity contribution >= 4 is 59.9 Å². The Kier molecular flexibility index (Phi) is 5.92. The number of nitrogens with two attached hydrogens (primary N) is 1. The molecule has 33 heavy (non-hydrogen) atoms. The fourth-order valence-electron chi connectivity index (χ4n) is 3.33. The van der Waals surface area contributed by atoms with Crippen molar-refractivity contribution in [2.24, 2.45) is 5.14 Å². The van der Waals surface area contributed by atoms with Gasteiger partial charge in [-0.1, -0.05) is 41.4 Å². The highest BCUT2D eigenvalue weighted by molar-refractivity contribution is 7.92. The van der Waals surface area contributed by atoms with Crippen LogP contribution < -0.4 is 9.86 Å². The maximum atomic E-state index is 14.5. The van der Waals surface area contributed by atoms with Crippen LogP contribution in [0.4, 0.5) is 10.1 Å². The molecule has 0 fully saturated rings. The number of fused-ring (bicyclic) bond motifs is 1. The quantitative estimate of drug-likeness (QED) is 0.364. The van der Waals surface area contributed by atoms with Gasteiger partial charge in [-0.25, -0.2) is 26.4 Å². The summed E-state index contributed by atoms with van der Waals surface area (Å²) < 4.78 is 72.8. The minimum absolute atomic E-state index is 0.0149. The molecule has 0 amide bonds. The Morgan fingerprint density at radius 2 is 1.70 bits per heavy atom. The second-order valence-electron chi connectivity index (χ2n) is 7.13. The Morgan fingerprint density at radius 1 is 1.00 bits per heavy atom. The van der Waals surface area contributed by atoms with Gasteiger partial charge in [0.15, 0.2) is 0 Å². The van der Waals surface area contributed by atoms with Crippen LogP contribution in [-0.4, -0.2) is 16.8 Å². The molecule has 3 aromatic carbocycles. The molecule has 172 valence electrons. The number of hydrogen-bond donors (Lipinski definition) is 2. The van der Waals surface area contributed by atoms with Gasteiger partial charge in [-0.05, 0) is 48.9 Å². The predicted molar refractivity (Wildman–Crippen MR) is 125 cm³/mol. The summed E-state index contributed by atoms with van der Waals surface area (Å²) in [4.78, 5) is -0.631. The molecule has 0 saturated carbocycles. The third-order valence-electron chi connectivity index (χ3n) is 4.82. The molecule has 7 nitrogen and oxygen atoms in total. The molecule has 0 aliphatic rings. The number of benzene rings is 3. The van der Waals surface area contributed by atoms with E-state index in [0.717, 1.165) is 12.1 Å². The molecule has 0 bridgehead atoms. The lowest BCUT2D eigenvalue weighted by atomic mass is 10.0. The SMILES string of the molecule is Cc1cc(S(=O)(=O)Nc2ccc(Cl)cc2-c2c(S(N)(=O)=O)oc3ccccc23)c(F)cc1Cl. The first kappa shape index (κ1) is 23.5. The highest BCUT2D eigenvalue weighted by atomic mass is 35.5. The summed E-state index contributed by atoms with van der Waals surface area (Å²) in [5, 5.41) is 5.41. The third-order valence-corrected chi connectivity index (χ3v) is 7.65. The van der Waals surface area contributed by atoms with Crippen molar-refractivity contribution in [3.8, 4) is 11.1 Å². The van der Waals surface area contributed by atoms with Crippen molar-refractivity contribution in [1.82, 2.24) is 0 Å². The standard InChI is InChI=1S/C21H15Cl2FN2O5S2/c1-11-8-19(16(24)10-15(11)23)33(29,30)26-17-7-6-12(22)9-14(17)20-13-4-2-3-5-18(13)31-21(20)32(25,27)28/h2-10,26H,1H3,(H2,25,27,28). The topological polar surface area (TPSA) is 119 Å². The van der Waals surface area contributed by atoms with Crippen LogP contribution in [0.15, 0.2) is 69.0 Å². The number of furan rings is 1. The number of primary sulfonamides is 1. The molecule has 0 unspecified atom stereocenters. The van der Waals surface area contributed by atoms with Gasteiger partial charge in [0, 0.05) is 21.0 Å². The summed E-state index contributed by atoms with van der Waals surface area (Å²) in [6, 6.07) is 12.5. The molecule has 0 spiro atoms. The summed E-state index contributed by atoms with van der Waals surface area (Å²) in [7, 11) is -8.80. The lowest BCUT2D eigenvalue weighted by molar-refractivity contribution is 0.484. The fourth-order valence-corrected chi connectivity index (χ4v) is 5.59. The van der Waals surface area contributed by atoms with Crippen LogP contribution in [0, 0.1) is 12.7 Å². The Bertz CT molecular complexity index is 1630. The van der Waals surface area contributed by atoms with Crippen molar-refractivity contribution in [3.63, 3.8) is 0 Å². The van der Waals surface area contributed by atoms with Crippen molar-refractivity contribution in [3.05, 3.63) is 76.0 Å². The van der Waals surface area contributed by atoms with Gasteiger partial charge >= 0.3 is 0 Å². The number of hydrogen-bond acceptors (Lipinski definition) is 5. The van der Waals surface area contributed by atoms with Crippen molar-refractivity contribution in [2.75, 3.05) is 4.72 Å². The second kappa shape index (κ2) is 8.30. The van der Waals surface area contributed by atoms with Gasteiger partial charge in [-0.15, -0.1) is 0 Å². The fraction of sp³-hybridized carbons (Fsp3) is 0.0476. The van der Waals surface area contributed by atoms with Gasteiger partial charge in [-0.3, -0.25) is 4.72 Å². The highest BCUT2D eigenvalue weighted by Crippen LogP contribution is 2.42. The largest absolute Gasteiger partial charge is 0.443 e. The van der Waals surface area contributed by atoms with E-state index in [1.807, 2.05) is 0 Å². The molecule has 0 aliphatic heterocycles. The molecular weight excluding hydrogens is 514 g/mol. The summed E-state index contributed by atoms with van der Waals surface area (Å²) in [6.07, 6.45) is 0. The van der Waals surface area contributed by atoms with Crippen molar-refractivity contribution in [1.29, 1.82) is 0 Å². The number of aryl methyl sites for hydroxylation is 1. The predicted octanol–water partition coefficient (Wildman–Crippen LogP) is 5.30. The molecule has 12 heteroatoms. The van der Waals surface area contributed by atoms with Gasteiger partial charge in [0.2, 0.25) is 5.09 Å². The molecule has 0 radical (unpaired) electrons. The zero-order valence-electron chi connectivity index (χ0n) is 16.8. The van der Waals surface area contributed by atoms with Gasteiger partial charge in [0.25, 0.3) is 20.0 Å². The van der Waals surface area contributed by atoms with E-state index in [0.29, 0.717) is 10.9 Å². The van der Waals surface area contributed by atoms with E-state index in [4.69, 9.17) is 32.8 Å². The van der Waals surface area contributed by atoms with E-state index >= 15 is 0 Å². The van der Waals surface area contributed by atoms with Crippen molar-refractivity contribution < 1.29 is 25.6 Å². The second-order valence-corrected chi connectivity index (χ2v) is 11.1. The van der Waals surface area contributed by atoms with Crippen LogP contribution in [0.5, 0.6) is 0 Å². The van der Waals surface area contributed by atoms with Crippen LogP contribution >= 0.6 is 23.2 Å². The van der Waals surface area contributed by atoms with E-state index in [-0.39, 0.29) is 32.4 Å². The van der Waals surface area contributed by atoms with Crippen LogP contribution in [0.2, 0.25) is 10.0 Å². The lowest BCUT2D eigenvalue weighted by Crippen LogP contribution is -2.16. The van der Waals surface area contributed by atoms with Gasteiger partial charge < -0.3 is 4.42 Å². The molecule has 3 N–H and O–H groups in total. The number of sulfonamides is 2. The Morgan fingerprint density at radius 3 is 2.39 bits per heavy atom. The van der Waals surface area contributed by atoms with Gasteiger partial charge in [-0.2, -0.15) is 0 Å². The minimum atomic E-state index is -4.45. The zero-order valence-corrected chi connectivity index (χ0v) is 19.9. The Labute approximate surface area is 199 Å². The lowest BCUT2D eigenvalue weighted by Gasteiger charge is -2.14. The first-order valence-electron chi connectivity index (χ1n) is 9.21. The van der Waals surface area contributed by atoms with E-state index in [2.05, 4.69) is 4.72 Å². The molecule has 1 aromatic heterocycles. The summed E-state index contributed by atoms with van der Waals surface area (Å²) in [5.41, 5.74) is 0.590. The minimum Gasteiger partial charge on any atom is -0.443 e. The Hall–Kier alpha value is -2.63. The summed E-state index contributed by atoms with van der Waals surface area (Å²) in [6.45, 7) is 1.53. The first-order valence-corrected chi connectivity index (χ1v) is 13.0. The number of nitrogens with one attached hydrogen (secondary N) is 1. The molecule has 0 atom stereocenters. The van der Waals surface area contributed by atoms with E-state index < -0.39 is 35.9 Å². The molecular formula is C21H15Cl2FN2O5S2. The number of para-hydroxylation sites is 1. The number of anilines is 1. The normalized spacial score (nSPS) is 12.3. The van der Waals surface area contributed by atoms with Crippen LogP contribution in [0.25, 0.3) is 22.1 Å². The van der Waals surface area contributed by atoms with E-state index in [1.54, 1.807) is 18.2 Å². The third kappa shape index (κ3) is 4.44. The molecule has 0 aliphatic carbocycles. The zero-order chi connectivity index (χ0) is 24.1. The first-order chi connectivity index (χ1) is 15.4. The van der Waals surface area contributed by atoms with Crippen LogP contribution in [-0.2, 0) is 20.0 Å². The average molecular weight is 529 g/mol. The smallest absolute Gasteiger partial charge is 0.272 e.